The Morgan fingerprint density at radius 2 is 2.23 bits per heavy atom. The van der Waals surface area contributed by atoms with Crippen molar-refractivity contribution in [3.8, 4) is 0 Å². The number of unbranched alkanes of at least 4 members (excludes halogenated alkanes) is 1. The van der Waals surface area contributed by atoms with Crippen molar-refractivity contribution in [3.63, 3.8) is 0 Å². The summed E-state index contributed by atoms with van der Waals surface area (Å²) in [6, 6.07) is 0. The van der Waals surface area contributed by atoms with Crippen LogP contribution in [0.5, 0.6) is 0 Å². The van der Waals surface area contributed by atoms with E-state index in [4.69, 9.17) is 5.11 Å². The van der Waals surface area contributed by atoms with Crippen molar-refractivity contribution in [2.24, 2.45) is 0 Å². The monoisotopic (exact) mass is 188 g/mol. The number of amides is 1. The van der Waals surface area contributed by atoms with E-state index in [1.165, 1.54) is 0 Å². The standard InChI is InChI=1S/C9H20N2O2/c1-3-4-5-10-9(13)8-11(2)6-7-12/h12H,3-8H2,1-2H3,(H,10,13). The lowest BCUT2D eigenvalue weighted by atomic mass is 10.3. The Labute approximate surface area is 79.9 Å². The molecule has 0 aromatic rings. The molecule has 0 heterocycles. The van der Waals surface area contributed by atoms with E-state index in [0.717, 1.165) is 19.4 Å². The van der Waals surface area contributed by atoms with Gasteiger partial charge in [-0.2, -0.15) is 0 Å². The van der Waals surface area contributed by atoms with Crippen LogP contribution < -0.4 is 5.32 Å². The van der Waals surface area contributed by atoms with Gasteiger partial charge < -0.3 is 10.4 Å². The van der Waals surface area contributed by atoms with E-state index in [9.17, 15) is 4.79 Å². The Hall–Kier alpha value is -0.610. The largest absolute Gasteiger partial charge is 0.395 e. The predicted octanol–water partition coefficient (Wildman–Crippen LogP) is -0.173. The van der Waals surface area contributed by atoms with E-state index in [-0.39, 0.29) is 12.5 Å². The summed E-state index contributed by atoms with van der Waals surface area (Å²) in [6.07, 6.45) is 2.11. The molecule has 0 rings (SSSR count). The molecule has 0 aromatic heterocycles. The molecule has 1 amide bonds. The molecule has 78 valence electrons. The molecule has 0 aliphatic rings. The minimum atomic E-state index is 0.0319. The average Bonchev–Trinajstić information content (AvgIpc) is 2.05. The van der Waals surface area contributed by atoms with Gasteiger partial charge in [0.2, 0.25) is 5.91 Å². The first-order valence-electron chi connectivity index (χ1n) is 4.76. The van der Waals surface area contributed by atoms with Gasteiger partial charge in [-0.1, -0.05) is 13.3 Å². The third-order valence-corrected chi connectivity index (χ3v) is 1.75. The van der Waals surface area contributed by atoms with Gasteiger partial charge in [-0.05, 0) is 13.5 Å². The molecule has 0 unspecified atom stereocenters. The van der Waals surface area contributed by atoms with Crippen molar-refractivity contribution in [2.75, 3.05) is 33.3 Å². The Balaban J connectivity index is 3.38. The zero-order chi connectivity index (χ0) is 10.1. The van der Waals surface area contributed by atoms with Crippen molar-refractivity contribution in [2.45, 2.75) is 19.8 Å². The number of carbonyl (C=O) groups is 1. The lowest BCUT2D eigenvalue weighted by molar-refractivity contribution is -0.122. The van der Waals surface area contributed by atoms with Crippen molar-refractivity contribution < 1.29 is 9.90 Å². The Kier molecular flexibility index (Phi) is 7.63. The number of nitrogens with one attached hydrogen (secondary N) is 1. The van der Waals surface area contributed by atoms with Gasteiger partial charge >= 0.3 is 0 Å². The molecule has 0 aliphatic carbocycles. The molecule has 2 N–H and O–H groups in total. The Bertz CT molecular complexity index is 140. The normalized spacial score (nSPS) is 10.5. The van der Waals surface area contributed by atoms with Crippen LogP contribution in [0.4, 0.5) is 0 Å². The number of rotatable bonds is 7. The summed E-state index contributed by atoms with van der Waals surface area (Å²) in [7, 11) is 1.82. The lowest BCUT2D eigenvalue weighted by Gasteiger charge is -2.14. The zero-order valence-electron chi connectivity index (χ0n) is 8.55. The van der Waals surface area contributed by atoms with Crippen LogP contribution in [0.3, 0.4) is 0 Å². The molecule has 0 fully saturated rings. The number of likely N-dealkylation sites (N-methyl/N-ethyl adjacent to an activating group) is 1. The summed E-state index contributed by atoms with van der Waals surface area (Å²) in [5.74, 6) is 0.0319. The van der Waals surface area contributed by atoms with Crippen LogP contribution in [-0.2, 0) is 4.79 Å². The van der Waals surface area contributed by atoms with Crippen LogP contribution in [0.15, 0.2) is 0 Å². The van der Waals surface area contributed by atoms with Gasteiger partial charge in [0, 0.05) is 13.1 Å². The summed E-state index contributed by atoms with van der Waals surface area (Å²) in [6.45, 7) is 3.84. The highest BCUT2D eigenvalue weighted by molar-refractivity contribution is 5.77. The molecule has 0 aromatic carbocycles. The van der Waals surface area contributed by atoms with Gasteiger partial charge in [-0.25, -0.2) is 0 Å². The maximum atomic E-state index is 11.2. The third kappa shape index (κ3) is 7.74. The molecule has 0 aliphatic heterocycles. The van der Waals surface area contributed by atoms with Crippen molar-refractivity contribution >= 4 is 5.91 Å². The molecule has 0 saturated heterocycles. The molecule has 4 heteroatoms. The van der Waals surface area contributed by atoms with Gasteiger partial charge in [0.25, 0.3) is 0 Å². The van der Waals surface area contributed by atoms with E-state index in [2.05, 4.69) is 12.2 Å². The molecule has 0 spiro atoms. The second kappa shape index (κ2) is 8.01. The van der Waals surface area contributed by atoms with Gasteiger partial charge in [0.05, 0.1) is 13.2 Å². The summed E-state index contributed by atoms with van der Waals surface area (Å²) < 4.78 is 0. The first-order chi connectivity index (χ1) is 6.20. The van der Waals surface area contributed by atoms with E-state index >= 15 is 0 Å². The van der Waals surface area contributed by atoms with Crippen molar-refractivity contribution in [1.29, 1.82) is 0 Å². The summed E-state index contributed by atoms with van der Waals surface area (Å²) >= 11 is 0. The van der Waals surface area contributed by atoms with Gasteiger partial charge in [0.15, 0.2) is 0 Å². The van der Waals surface area contributed by atoms with Gasteiger partial charge in [-0.3, -0.25) is 9.69 Å². The summed E-state index contributed by atoms with van der Waals surface area (Å²) in [5.41, 5.74) is 0. The Morgan fingerprint density at radius 1 is 1.54 bits per heavy atom. The van der Waals surface area contributed by atoms with Crippen LogP contribution >= 0.6 is 0 Å². The number of aliphatic hydroxyl groups excluding tert-OH is 1. The highest BCUT2D eigenvalue weighted by Gasteiger charge is 2.03. The zero-order valence-corrected chi connectivity index (χ0v) is 8.55. The molecule has 0 saturated carbocycles. The van der Waals surface area contributed by atoms with Crippen molar-refractivity contribution in [1.82, 2.24) is 10.2 Å². The van der Waals surface area contributed by atoms with Gasteiger partial charge in [-0.15, -0.1) is 0 Å². The number of hydrogen-bond donors (Lipinski definition) is 2. The van der Waals surface area contributed by atoms with Crippen molar-refractivity contribution in [3.05, 3.63) is 0 Å². The van der Waals surface area contributed by atoms with Crippen LogP contribution in [0.1, 0.15) is 19.8 Å². The minimum Gasteiger partial charge on any atom is -0.395 e. The second-order valence-corrected chi connectivity index (χ2v) is 3.16. The maximum absolute atomic E-state index is 11.2. The van der Waals surface area contributed by atoms with Crippen LogP contribution in [0.25, 0.3) is 0 Å². The molecule has 0 atom stereocenters. The second-order valence-electron chi connectivity index (χ2n) is 3.16. The molecule has 0 radical (unpaired) electrons. The lowest BCUT2D eigenvalue weighted by Crippen LogP contribution is -2.36. The topological polar surface area (TPSA) is 52.6 Å². The smallest absolute Gasteiger partial charge is 0.234 e. The fourth-order valence-electron chi connectivity index (χ4n) is 0.955. The molecule has 13 heavy (non-hydrogen) atoms. The maximum Gasteiger partial charge on any atom is 0.234 e. The number of carbonyl (C=O) groups excluding carboxylic acids is 1. The van der Waals surface area contributed by atoms with E-state index in [0.29, 0.717) is 13.1 Å². The number of hydrogen-bond acceptors (Lipinski definition) is 3. The third-order valence-electron chi connectivity index (χ3n) is 1.75. The van der Waals surface area contributed by atoms with Crippen LogP contribution in [-0.4, -0.2) is 49.2 Å². The molecule has 4 nitrogen and oxygen atoms in total. The molecule has 0 bridgehead atoms. The fraction of sp³-hybridized carbons (Fsp3) is 0.889. The summed E-state index contributed by atoms with van der Waals surface area (Å²) in [4.78, 5) is 13.0. The first-order valence-corrected chi connectivity index (χ1v) is 4.76. The summed E-state index contributed by atoms with van der Waals surface area (Å²) in [5, 5.41) is 11.4. The van der Waals surface area contributed by atoms with Gasteiger partial charge in [0.1, 0.15) is 0 Å². The SMILES string of the molecule is CCCCNC(=O)CN(C)CCO. The Morgan fingerprint density at radius 3 is 2.77 bits per heavy atom. The number of aliphatic hydroxyl groups is 1. The minimum absolute atomic E-state index is 0.0319. The fourth-order valence-corrected chi connectivity index (χ4v) is 0.955. The predicted molar refractivity (Wildman–Crippen MR) is 52.5 cm³/mol. The molecular weight excluding hydrogens is 168 g/mol. The number of nitrogens with zero attached hydrogens (tertiary/aromatic N) is 1. The quantitative estimate of drug-likeness (QED) is 0.545. The highest BCUT2D eigenvalue weighted by atomic mass is 16.3. The van der Waals surface area contributed by atoms with Crippen LogP contribution in [0.2, 0.25) is 0 Å². The van der Waals surface area contributed by atoms with E-state index in [1.807, 2.05) is 7.05 Å². The first kappa shape index (κ1) is 12.4. The molecular formula is C9H20N2O2. The average molecular weight is 188 g/mol. The van der Waals surface area contributed by atoms with E-state index in [1.54, 1.807) is 4.90 Å². The van der Waals surface area contributed by atoms with E-state index < -0.39 is 0 Å². The highest BCUT2D eigenvalue weighted by Crippen LogP contribution is 1.84. The van der Waals surface area contributed by atoms with Crippen LogP contribution in [0, 0.1) is 0 Å².